The SMILES string of the molecule is NC(Cc1ccccc1F)c1ccccc1OC(F)F. The van der Waals surface area contributed by atoms with Crippen molar-refractivity contribution in [3.63, 3.8) is 0 Å². The number of rotatable bonds is 5. The smallest absolute Gasteiger partial charge is 0.387 e. The highest BCUT2D eigenvalue weighted by molar-refractivity contribution is 5.37. The minimum atomic E-state index is -2.92. The van der Waals surface area contributed by atoms with Crippen LogP contribution < -0.4 is 10.5 Å². The number of hydrogen-bond acceptors (Lipinski definition) is 2. The summed E-state index contributed by atoms with van der Waals surface area (Å²) in [6.45, 7) is -2.92. The lowest BCUT2D eigenvalue weighted by molar-refractivity contribution is -0.0506. The van der Waals surface area contributed by atoms with Gasteiger partial charge in [-0.1, -0.05) is 36.4 Å². The molecular weight excluding hydrogens is 267 g/mol. The Morgan fingerprint density at radius 3 is 2.35 bits per heavy atom. The van der Waals surface area contributed by atoms with E-state index in [0.717, 1.165) is 0 Å². The first-order valence-corrected chi connectivity index (χ1v) is 6.10. The normalized spacial score (nSPS) is 12.4. The first kappa shape index (κ1) is 14.4. The van der Waals surface area contributed by atoms with E-state index in [9.17, 15) is 13.2 Å². The van der Waals surface area contributed by atoms with Crippen LogP contribution in [0.5, 0.6) is 5.75 Å². The zero-order valence-electron chi connectivity index (χ0n) is 10.6. The fourth-order valence-corrected chi connectivity index (χ4v) is 2.00. The van der Waals surface area contributed by atoms with Gasteiger partial charge >= 0.3 is 6.61 Å². The number of nitrogens with two attached hydrogens (primary N) is 1. The molecular formula is C15H14F3NO. The Morgan fingerprint density at radius 2 is 1.65 bits per heavy atom. The van der Waals surface area contributed by atoms with Crippen molar-refractivity contribution in [2.24, 2.45) is 5.73 Å². The Bertz CT molecular complexity index is 575. The standard InChI is InChI=1S/C15H14F3NO/c16-12-7-3-1-5-10(12)9-13(19)11-6-2-4-8-14(11)20-15(17)18/h1-8,13,15H,9,19H2. The van der Waals surface area contributed by atoms with Crippen LogP contribution >= 0.6 is 0 Å². The molecule has 0 aliphatic rings. The van der Waals surface area contributed by atoms with Crippen LogP contribution in [-0.2, 0) is 6.42 Å². The largest absolute Gasteiger partial charge is 0.434 e. The van der Waals surface area contributed by atoms with Gasteiger partial charge in [-0.15, -0.1) is 0 Å². The summed E-state index contributed by atoms with van der Waals surface area (Å²) >= 11 is 0. The number of para-hydroxylation sites is 1. The van der Waals surface area contributed by atoms with Crippen molar-refractivity contribution >= 4 is 0 Å². The second kappa shape index (κ2) is 6.43. The molecule has 0 radical (unpaired) electrons. The minimum Gasteiger partial charge on any atom is -0.434 e. The summed E-state index contributed by atoms with van der Waals surface area (Å²) < 4.78 is 42.7. The van der Waals surface area contributed by atoms with Gasteiger partial charge < -0.3 is 10.5 Å². The second-order valence-corrected chi connectivity index (χ2v) is 4.32. The molecule has 5 heteroatoms. The molecule has 0 saturated heterocycles. The molecule has 0 fully saturated rings. The van der Waals surface area contributed by atoms with Gasteiger partial charge in [0.05, 0.1) is 0 Å². The van der Waals surface area contributed by atoms with Gasteiger partial charge in [0.2, 0.25) is 0 Å². The van der Waals surface area contributed by atoms with Crippen molar-refractivity contribution < 1.29 is 17.9 Å². The van der Waals surface area contributed by atoms with E-state index in [1.807, 2.05) is 0 Å². The Labute approximate surface area is 115 Å². The van der Waals surface area contributed by atoms with Gasteiger partial charge in [-0.3, -0.25) is 0 Å². The van der Waals surface area contributed by atoms with E-state index in [2.05, 4.69) is 4.74 Å². The summed E-state index contributed by atoms with van der Waals surface area (Å²) in [5, 5.41) is 0. The van der Waals surface area contributed by atoms with Crippen LogP contribution in [0, 0.1) is 5.82 Å². The minimum absolute atomic E-state index is 0.0198. The molecule has 0 aliphatic carbocycles. The summed E-state index contributed by atoms with van der Waals surface area (Å²) in [5.74, 6) is -0.346. The second-order valence-electron chi connectivity index (χ2n) is 4.32. The highest BCUT2D eigenvalue weighted by atomic mass is 19.3. The Morgan fingerprint density at radius 1 is 1.00 bits per heavy atom. The van der Waals surface area contributed by atoms with Gasteiger partial charge in [0.15, 0.2) is 0 Å². The third-order valence-electron chi connectivity index (χ3n) is 2.93. The molecule has 0 aliphatic heterocycles. The fourth-order valence-electron chi connectivity index (χ4n) is 2.00. The first-order chi connectivity index (χ1) is 9.58. The van der Waals surface area contributed by atoms with Crippen molar-refractivity contribution in [3.05, 3.63) is 65.5 Å². The summed E-state index contributed by atoms with van der Waals surface area (Å²) in [6, 6.07) is 11.9. The molecule has 1 atom stereocenters. The average Bonchev–Trinajstić information content (AvgIpc) is 2.41. The van der Waals surface area contributed by atoms with Crippen LogP contribution in [0.4, 0.5) is 13.2 Å². The van der Waals surface area contributed by atoms with Gasteiger partial charge in [-0.05, 0) is 24.1 Å². The molecule has 0 saturated carbocycles. The van der Waals surface area contributed by atoms with E-state index < -0.39 is 12.7 Å². The van der Waals surface area contributed by atoms with E-state index in [-0.39, 0.29) is 18.0 Å². The number of alkyl halides is 2. The Balaban J connectivity index is 2.21. The van der Waals surface area contributed by atoms with Crippen molar-refractivity contribution in [3.8, 4) is 5.75 Å². The fraction of sp³-hybridized carbons (Fsp3) is 0.200. The van der Waals surface area contributed by atoms with Crippen LogP contribution in [0.2, 0.25) is 0 Å². The molecule has 2 N–H and O–H groups in total. The predicted octanol–water partition coefficient (Wildman–Crippen LogP) is 3.67. The maximum atomic E-state index is 13.6. The monoisotopic (exact) mass is 281 g/mol. The third kappa shape index (κ3) is 3.51. The topological polar surface area (TPSA) is 35.2 Å². The van der Waals surface area contributed by atoms with Gasteiger partial charge in [-0.25, -0.2) is 4.39 Å². The zero-order chi connectivity index (χ0) is 14.5. The summed E-state index contributed by atoms with van der Waals surface area (Å²) in [5.41, 5.74) is 6.84. The van der Waals surface area contributed by atoms with Crippen molar-refractivity contribution in [1.82, 2.24) is 0 Å². The molecule has 2 aromatic carbocycles. The number of halogens is 3. The molecule has 1 unspecified atom stereocenters. The summed E-state index contributed by atoms with van der Waals surface area (Å²) in [6.07, 6.45) is 0.205. The molecule has 0 heterocycles. The van der Waals surface area contributed by atoms with Gasteiger partial charge in [0.25, 0.3) is 0 Å². The lowest BCUT2D eigenvalue weighted by atomic mass is 9.98. The van der Waals surface area contributed by atoms with Crippen LogP contribution in [0.15, 0.2) is 48.5 Å². The summed E-state index contributed by atoms with van der Waals surface area (Å²) in [7, 11) is 0. The molecule has 20 heavy (non-hydrogen) atoms. The molecule has 2 nitrogen and oxygen atoms in total. The molecule has 106 valence electrons. The molecule has 0 bridgehead atoms. The highest BCUT2D eigenvalue weighted by Crippen LogP contribution is 2.27. The maximum Gasteiger partial charge on any atom is 0.387 e. The Hall–Kier alpha value is -2.01. The third-order valence-corrected chi connectivity index (χ3v) is 2.93. The molecule has 2 aromatic rings. The van der Waals surface area contributed by atoms with Gasteiger partial charge in [0, 0.05) is 11.6 Å². The van der Waals surface area contributed by atoms with E-state index in [4.69, 9.17) is 5.73 Å². The number of benzene rings is 2. The van der Waals surface area contributed by atoms with Crippen molar-refractivity contribution in [2.75, 3.05) is 0 Å². The van der Waals surface area contributed by atoms with Crippen LogP contribution in [-0.4, -0.2) is 6.61 Å². The van der Waals surface area contributed by atoms with Crippen LogP contribution in [0.25, 0.3) is 0 Å². The van der Waals surface area contributed by atoms with E-state index in [0.29, 0.717) is 11.1 Å². The van der Waals surface area contributed by atoms with Gasteiger partial charge in [-0.2, -0.15) is 8.78 Å². The van der Waals surface area contributed by atoms with Crippen LogP contribution in [0.1, 0.15) is 17.2 Å². The van der Waals surface area contributed by atoms with E-state index in [1.165, 1.54) is 12.1 Å². The molecule has 0 aromatic heterocycles. The quantitative estimate of drug-likeness (QED) is 0.907. The highest BCUT2D eigenvalue weighted by Gasteiger charge is 2.16. The van der Waals surface area contributed by atoms with Gasteiger partial charge in [0.1, 0.15) is 11.6 Å². The lowest BCUT2D eigenvalue weighted by Gasteiger charge is -2.17. The maximum absolute atomic E-state index is 13.6. The van der Waals surface area contributed by atoms with Crippen molar-refractivity contribution in [2.45, 2.75) is 19.1 Å². The zero-order valence-corrected chi connectivity index (χ0v) is 10.6. The van der Waals surface area contributed by atoms with E-state index in [1.54, 1.807) is 36.4 Å². The first-order valence-electron chi connectivity index (χ1n) is 6.10. The number of hydrogen-bond donors (Lipinski definition) is 1. The molecule has 0 amide bonds. The number of ether oxygens (including phenoxy) is 1. The van der Waals surface area contributed by atoms with E-state index >= 15 is 0 Å². The van der Waals surface area contributed by atoms with Crippen LogP contribution in [0.3, 0.4) is 0 Å². The molecule has 0 spiro atoms. The Kier molecular flexibility index (Phi) is 4.63. The summed E-state index contributed by atoms with van der Waals surface area (Å²) in [4.78, 5) is 0. The lowest BCUT2D eigenvalue weighted by Crippen LogP contribution is -2.16. The van der Waals surface area contributed by atoms with Crippen molar-refractivity contribution in [1.29, 1.82) is 0 Å². The molecule has 2 rings (SSSR count). The predicted molar refractivity (Wildman–Crippen MR) is 70.1 cm³/mol. The average molecular weight is 281 g/mol.